The van der Waals surface area contributed by atoms with Gasteiger partial charge in [-0.05, 0) is 69.9 Å². The van der Waals surface area contributed by atoms with Crippen LogP contribution in [-0.2, 0) is 33.4 Å². The number of carbonyl (C=O) groups excluding carboxylic acids is 6. The number of fused-ring (bicyclic) bond motifs is 4. The highest BCUT2D eigenvalue weighted by atomic mass is 35.5. The van der Waals surface area contributed by atoms with E-state index in [9.17, 15) is 28.8 Å². The van der Waals surface area contributed by atoms with Crippen LogP contribution in [0.5, 0.6) is 5.75 Å². The molecule has 5 heterocycles. The second-order valence-electron chi connectivity index (χ2n) is 15.3. The van der Waals surface area contributed by atoms with E-state index in [0.29, 0.717) is 76.4 Å². The Hall–Kier alpha value is -5.86. The minimum absolute atomic E-state index is 0.00734. The van der Waals surface area contributed by atoms with E-state index in [-0.39, 0.29) is 42.0 Å². The number of benzene rings is 2. The van der Waals surface area contributed by atoms with Gasteiger partial charge in [0.15, 0.2) is 12.4 Å². The monoisotopic (exact) mass is 916 g/mol. The molecule has 0 radical (unpaired) electrons. The van der Waals surface area contributed by atoms with Crippen molar-refractivity contribution in [1.82, 2.24) is 35.6 Å². The van der Waals surface area contributed by atoms with E-state index in [0.717, 1.165) is 38.1 Å². The van der Waals surface area contributed by atoms with Crippen LogP contribution in [-0.4, -0.2) is 126 Å². The summed E-state index contributed by atoms with van der Waals surface area (Å²) in [5.74, 6) is -1.73. The van der Waals surface area contributed by atoms with Crippen molar-refractivity contribution in [2.45, 2.75) is 65.0 Å². The van der Waals surface area contributed by atoms with Crippen molar-refractivity contribution in [3.8, 4) is 10.8 Å². The van der Waals surface area contributed by atoms with Gasteiger partial charge in [0.25, 0.3) is 17.7 Å². The molecule has 7 rings (SSSR count). The fraction of sp³-hybridized carbons (Fsp3) is 0.432. The summed E-state index contributed by atoms with van der Waals surface area (Å²) in [6.07, 6.45) is 1.30. The molecule has 2 aromatic carbocycles. The maximum absolute atomic E-state index is 13.2. The number of amides is 6. The molecule has 4 aromatic rings. The van der Waals surface area contributed by atoms with E-state index in [1.807, 2.05) is 35.8 Å². The number of aliphatic imine (C=N–C) groups is 1. The van der Waals surface area contributed by atoms with Crippen LogP contribution in [0.15, 0.2) is 47.5 Å². The van der Waals surface area contributed by atoms with Crippen molar-refractivity contribution >= 4 is 64.1 Å². The molecular formula is C44H49ClN8O10S. The molecule has 3 aliphatic heterocycles. The first-order chi connectivity index (χ1) is 30.9. The van der Waals surface area contributed by atoms with Gasteiger partial charge in [0.05, 0.1) is 49.7 Å². The fourth-order valence-electron chi connectivity index (χ4n) is 7.52. The number of rotatable bonds is 21. The number of aromatic nitrogens is 3. The first-order valence-electron chi connectivity index (χ1n) is 21.0. The van der Waals surface area contributed by atoms with E-state index in [1.54, 1.807) is 11.3 Å². The lowest BCUT2D eigenvalue weighted by Crippen LogP contribution is -2.54. The van der Waals surface area contributed by atoms with Gasteiger partial charge in [0.1, 0.15) is 28.7 Å². The summed E-state index contributed by atoms with van der Waals surface area (Å²) in [5, 5.41) is 18.3. The number of carbonyl (C=O) groups is 6. The molecule has 20 heteroatoms. The third kappa shape index (κ3) is 10.6. The molecule has 2 atom stereocenters. The van der Waals surface area contributed by atoms with Gasteiger partial charge in [-0.3, -0.25) is 48.5 Å². The van der Waals surface area contributed by atoms with Crippen LogP contribution in [0.4, 0.5) is 0 Å². The lowest BCUT2D eigenvalue weighted by molar-refractivity contribution is -0.136. The third-order valence-corrected chi connectivity index (χ3v) is 12.3. The van der Waals surface area contributed by atoms with Crippen molar-refractivity contribution < 1.29 is 47.7 Å². The largest absolute Gasteiger partial charge is 0.483 e. The summed E-state index contributed by atoms with van der Waals surface area (Å²) >= 11 is 7.87. The Morgan fingerprint density at radius 1 is 0.844 bits per heavy atom. The zero-order chi connectivity index (χ0) is 45.3. The summed E-state index contributed by atoms with van der Waals surface area (Å²) in [6, 6.07) is 10.4. The van der Waals surface area contributed by atoms with Gasteiger partial charge in [-0.25, -0.2) is 0 Å². The maximum atomic E-state index is 13.2. The molecule has 2 aromatic heterocycles. The zero-order valence-corrected chi connectivity index (χ0v) is 37.3. The number of aryl methyl sites for hydroxylation is 2. The smallest absolute Gasteiger partial charge is 0.266 e. The Bertz CT molecular complexity index is 2450. The Kier molecular flexibility index (Phi) is 15.3. The molecular weight excluding hydrogens is 868 g/mol. The lowest BCUT2D eigenvalue weighted by Gasteiger charge is -2.27. The fourth-order valence-corrected chi connectivity index (χ4v) is 8.86. The van der Waals surface area contributed by atoms with E-state index >= 15 is 0 Å². The number of piperidine rings is 1. The van der Waals surface area contributed by atoms with Gasteiger partial charge < -0.3 is 29.6 Å². The normalized spacial score (nSPS) is 16.8. The summed E-state index contributed by atoms with van der Waals surface area (Å²) in [6.45, 7) is 8.77. The van der Waals surface area contributed by atoms with Crippen molar-refractivity contribution in [3.05, 3.63) is 91.8 Å². The van der Waals surface area contributed by atoms with Crippen LogP contribution in [0, 0.1) is 20.8 Å². The molecule has 1 fully saturated rings. The number of hydrogen-bond donors (Lipinski definition) is 3. The van der Waals surface area contributed by atoms with Crippen LogP contribution < -0.4 is 20.7 Å². The summed E-state index contributed by atoms with van der Waals surface area (Å²) < 4.78 is 24.5. The van der Waals surface area contributed by atoms with Crippen LogP contribution in [0.1, 0.15) is 92.1 Å². The van der Waals surface area contributed by atoms with Crippen molar-refractivity contribution in [1.29, 1.82) is 0 Å². The van der Waals surface area contributed by atoms with Crippen molar-refractivity contribution in [2.75, 3.05) is 59.3 Å². The molecule has 0 bridgehead atoms. The number of imide groups is 2. The number of nitrogens with one attached hydrogen (secondary N) is 3. The SMILES string of the molecule is Cc1sc2c(c1C)C(c1ccc(Cl)cc1)=NC(CC(=O)NCCCOCCOCCOCCCNC(=O)COc1cccc3c1C(=O)N(C1CCC(=O)NC1=O)C3=O)c1nnc(C)n1-2. The number of ether oxygens (including phenoxy) is 4. The first kappa shape index (κ1) is 46.1. The standard InChI is InChI=1S/C44H49ClN8O10S/c1-25-26(2)64-44-37(25)39(28-9-11-29(45)12-10-28)48-31(40-51-50-27(3)52(40)44)23-35(55)46-15-5-17-60-19-21-62-22-20-61-18-6-16-47-36(56)24-63-33-8-4-7-30-38(33)43(59)53(42(30)58)32-13-14-34(54)49-41(32)57/h4,7-12,31-32H,5-6,13-24H2,1-3H3,(H,46,55)(H,47,56)(H,49,54,57). The van der Waals surface area contributed by atoms with Gasteiger partial charge in [0.2, 0.25) is 17.7 Å². The molecule has 0 spiro atoms. The quantitative estimate of drug-likeness (QED) is 0.0804. The van der Waals surface area contributed by atoms with E-state index in [1.165, 1.54) is 23.1 Å². The second kappa shape index (κ2) is 21.2. The van der Waals surface area contributed by atoms with Gasteiger partial charge >= 0.3 is 0 Å². The number of thiophene rings is 1. The summed E-state index contributed by atoms with van der Waals surface area (Å²) in [4.78, 5) is 82.9. The molecule has 0 aliphatic carbocycles. The minimum Gasteiger partial charge on any atom is -0.483 e. The number of hydrogen-bond acceptors (Lipinski definition) is 14. The molecule has 3 N–H and O–H groups in total. The Morgan fingerprint density at radius 2 is 1.52 bits per heavy atom. The van der Waals surface area contributed by atoms with Crippen LogP contribution in [0.3, 0.4) is 0 Å². The Morgan fingerprint density at radius 3 is 2.20 bits per heavy atom. The topological polar surface area (TPSA) is 222 Å². The van der Waals surface area contributed by atoms with Crippen molar-refractivity contribution in [3.63, 3.8) is 0 Å². The number of halogens is 1. The molecule has 3 aliphatic rings. The van der Waals surface area contributed by atoms with E-state index in [2.05, 4.69) is 40.0 Å². The third-order valence-electron chi connectivity index (χ3n) is 10.8. The number of nitrogens with zero attached hydrogens (tertiary/aromatic N) is 5. The molecule has 0 saturated carbocycles. The molecule has 2 unspecified atom stereocenters. The predicted octanol–water partition coefficient (Wildman–Crippen LogP) is 3.73. The van der Waals surface area contributed by atoms with Gasteiger partial charge in [-0.2, -0.15) is 0 Å². The van der Waals surface area contributed by atoms with Crippen LogP contribution >= 0.6 is 22.9 Å². The lowest BCUT2D eigenvalue weighted by atomic mass is 9.99. The van der Waals surface area contributed by atoms with E-state index < -0.39 is 48.2 Å². The van der Waals surface area contributed by atoms with Crippen LogP contribution in [0.25, 0.3) is 5.00 Å². The van der Waals surface area contributed by atoms with Crippen molar-refractivity contribution in [2.24, 2.45) is 4.99 Å². The highest BCUT2D eigenvalue weighted by molar-refractivity contribution is 7.15. The average molecular weight is 917 g/mol. The first-order valence-corrected chi connectivity index (χ1v) is 22.2. The van der Waals surface area contributed by atoms with Gasteiger partial charge in [-0.15, -0.1) is 21.5 Å². The average Bonchev–Trinajstić information content (AvgIpc) is 3.85. The summed E-state index contributed by atoms with van der Waals surface area (Å²) in [7, 11) is 0. The second-order valence-corrected chi connectivity index (χ2v) is 16.9. The highest BCUT2D eigenvalue weighted by Crippen LogP contribution is 2.40. The molecule has 6 amide bonds. The summed E-state index contributed by atoms with van der Waals surface area (Å²) in [5.41, 5.74) is 3.87. The minimum atomic E-state index is -1.10. The maximum Gasteiger partial charge on any atom is 0.266 e. The molecule has 338 valence electrons. The van der Waals surface area contributed by atoms with Crippen LogP contribution in [0.2, 0.25) is 5.02 Å². The zero-order valence-electron chi connectivity index (χ0n) is 35.7. The molecule has 18 nitrogen and oxygen atoms in total. The van der Waals surface area contributed by atoms with E-state index in [4.69, 9.17) is 35.5 Å². The predicted molar refractivity (Wildman–Crippen MR) is 234 cm³/mol. The van der Waals surface area contributed by atoms with Gasteiger partial charge in [-0.1, -0.05) is 29.8 Å². The Labute approximate surface area is 378 Å². The molecule has 1 saturated heterocycles. The molecule has 64 heavy (non-hydrogen) atoms. The van der Waals surface area contributed by atoms with Gasteiger partial charge in [0, 0.05) is 53.8 Å². The Balaban J connectivity index is 0.730. The highest BCUT2D eigenvalue weighted by Gasteiger charge is 2.46.